The maximum atomic E-state index is 11.1. The van der Waals surface area contributed by atoms with Gasteiger partial charge >= 0.3 is 5.69 Å². The zero-order valence-corrected chi connectivity index (χ0v) is 12.5. The van der Waals surface area contributed by atoms with E-state index in [1.807, 2.05) is 4.90 Å². The van der Waals surface area contributed by atoms with Gasteiger partial charge < -0.3 is 9.80 Å². The van der Waals surface area contributed by atoms with Crippen LogP contribution in [0.3, 0.4) is 0 Å². The first kappa shape index (κ1) is 14.3. The van der Waals surface area contributed by atoms with Gasteiger partial charge in [-0.1, -0.05) is 12.1 Å². The Kier molecular flexibility index (Phi) is 3.91. The normalized spacial score (nSPS) is 15.0. The number of pyridine rings is 1. The van der Waals surface area contributed by atoms with Crippen molar-refractivity contribution in [3.8, 4) is 0 Å². The number of benzene rings is 1. The molecule has 0 bridgehead atoms. The van der Waals surface area contributed by atoms with Gasteiger partial charge in [-0.05, 0) is 30.7 Å². The van der Waals surface area contributed by atoms with Crippen LogP contribution in [0.15, 0.2) is 42.6 Å². The van der Waals surface area contributed by atoms with Crippen molar-refractivity contribution in [1.29, 1.82) is 0 Å². The second-order valence-corrected chi connectivity index (χ2v) is 5.42. The average molecular weight is 298 g/mol. The summed E-state index contributed by atoms with van der Waals surface area (Å²) in [4.78, 5) is 19.2. The Morgan fingerprint density at radius 2 is 1.82 bits per heavy atom. The Bertz CT molecular complexity index is 681. The standard InChI is InChI=1S/C16H18N4O2/c1-13-4-2-5-14(12-13)18-8-10-19(11-9-18)16-15(20(21)22)6-3-7-17-16/h2-7,12H,8-11H2,1H3. The summed E-state index contributed by atoms with van der Waals surface area (Å²) >= 11 is 0. The molecule has 2 heterocycles. The number of nitrogens with zero attached hydrogens (tertiary/aromatic N) is 4. The summed E-state index contributed by atoms with van der Waals surface area (Å²) in [6.45, 7) is 5.20. The molecule has 1 aromatic heterocycles. The van der Waals surface area contributed by atoms with Crippen molar-refractivity contribution in [1.82, 2.24) is 4.98 Å². The molecule has 3 rings (SSSR count). The molecule has 0 unspecified atom stereocenters. The molecule has 1 fully saturated rings. The molecular weight excluding hydrogens is 280 g/mol. The largest absolute Gasteiger partial charge is 0.368 e. The number of aromatic nitrogens is 1. The summed E-state index contributed by atoms with van der Waals surface area (Å²) in [7, 11) is 0. The second-order valence-electron chi connectivity index (χ2n) is 5.42. The lowest BCUT2D eigenvalue weighted by Crippen LogP contribution is -2.47. The summed E-state index contributed by atoms with van der Waals surface area (Å²) in [5.41, 5.74) is 2.52. The van der Waals surface area contributed by atoms with Gasteiger partial charge in [0, 0.05) is 44.1 Å². The molecule has 0 radical (unpaired) electrons. The van der Waals surface area contributed by atoms with Crippen LogP contribution in [0.1, 0.15) is 5.56 Å². The smallest absolute Gasteiger partial charge is 0.311 e. The first-order valence-corrected chi connectivity index (χ1v) is 7.31. The Balaban J connectivity index is 1.73. The number of piperazine rings is 1. The Labute approximate surface area is 129 Å². The lowest BCUT2D eigenvalue weighted by Gasteiger charge is -2.36. The number of rotatable bonds is 3. The van der Waals surface area contributed by atoms with Crippen molar-refractivity contribution in [3.05, 3.63) is 58.3 Å². The molecule has 1 aliphatic heterocycles. The molecule has 6 heteroatoms. The molecule has 1 aromatic carbocycles. The van der Waals surface area contributed by atoms with E-state index >= 15 is 0 Å². The van der Waals surface area contributed by atoms with Crippen molar-refractivity contribution in [2.75, 3.05) is 36.0 Å². The summed E-state index contributed by atoms with van der Waals surface area (Å²) in [6, 6.07) is 11.5. The number of hydrogen-bond donors (Lipinski definition) is 0. The van der Waals surface area contributed by atoms with Crippen molar-refractivity contribution >= 4 is 17.2 Å². The molecule has 22 heavy (non-hydrogen) atoms. The van der Waals surface area contributed by atoms with Gasteiger partial charge in [0.05, 0.1) is 4.92 Å². The maximum absolute atomic E-state index is 11.1. The third-order valence-corrected chi connectivity index (χ3v) is 3.91. The highest BCUT2D eigenvalue weighted by Gasteiger charge is 2.24. The van der Waals surface area contributed by atoms with Crippen molar-refractivity contribution in [2.24, 2.45) is 0 Å². The van der Waals surface area contributed by atoms with Gasteiger partial charge in [-0.3, -0.25) is 10.1 Å². The predicted octanol–water partition coefficient (Wildman–Crippen LogP) is 2.62. The summed E-state index contributed by atoms with van der Waals surface area (Å²) < 4.78 is 0. The number of hydrogen-bond acceptors (Lipinski definition) is 5. The third-order valence-electron chi connectivity index (χ3n) is 3.91. The zero-order chi connectivity index (χ0) is 15.5. The Morgan fingerprint density at radius 1 is 1.09 bits per heavy atom. The van der Waals surface area contributed by atoms with Crippen LogP contribution >= 0.6 is 0 Å². The molecular formula is C16H18N4O2. The molecule has 6 nitrogen and oxygen atoms in total. The van der Waals surface area contributed by atoms with Crippen molar-refractivity contribution in [2.45, 2.75) is 6.92 Å². The van der Waals surface area contributed by atoms with Gasteiger partial charge in [0.15, 0.2) is 0 Å². The van der Waals surface area contributed by atoms with E-state index in [2.05, 4.69) is 41.1 Å². The average Bonchev–Trinajstić information content (AvgIpc) is 2.55. The Morgan fingerprint density at radius 3 is 2.50 bits per heavy atom. The zero-order valence-electron chi connectivity index (χ0n) is 12.5. The van der Waals surface area contributed by atoms with Crippen molar-refractivity contribution in [3.63, 3.8) is 0 Å². The minimum atomic E-state index is -0.366. The molecule has 2 aromatic rings. The molecule has 1 aliphatic rings. The second kappa shape index (κ2) is 6.01. The summed E-state index contributed by atoms with van der Waals surface area (Å²) in [6.07, 6.45) is 1.61. The fraction of sp³-hybridized carbons (Fsp3) is 0.312. The van der Waals surface area contributed by atoms with E-state index in [1.165, 1.54) is 17.3 Å². The number of aryl methyl sites for hydroxylation is 1. The van der Waals surface area contributed by atoms with Gasteiger partial charge in [-0.25, -0.2) is 4.98 Å². The molecule has 0 aliphatic carbocycles. The molecule has 0 atom stereocenters. The Hall–Kier alpha value is -2.63. The monoisotopic (exact) mass is 298 g/mol. The number of anilines is 2. The van der Waals surface area contributed by atoms with E-state index in [9.17, 15) is 10.1 Å². The van der Waals surface area contributed by atoms with Crippen LogP contribution in [0.4, 0.5) is 17.2 Å². The fourth-order valence-corrected chi connectivity index (χ4v) is 2.78. The molecule has 0 spiro atoms. The highest BCUT2D eigenvalue weighted by atomic mass is 16.6. The van der Waals surface area contributed by atoms with Crippen molar-refractivity contribution < 1.29 is 4.92 Å². The van der Waals surface area contributed by atoms with Crippen LogP contribution in [0, 0.1) is 17.0 Å². The van der Waals surface area contributed by atoms with E-state index in [0.29, 0.717) is 5.82 Å². The molecule has 114 valence electrons. The van der Waals surface area contributed by atoms with Crippen LogP contribution < -0.4 is 9.80 Å². The lowest BCUT2D eigenvalue weighted by atomic mass is 10.2. The quantitative estimate of drug-likeness (QED) is 0.644. The van der Waals surface area contributed by atoms with Gasteiger partial charge in [0.1, 0.15) is 0 Å². The molecule has 0 amide bonds. The van der Waals surface area contributed by atoms with E-state index in [4.69, 9.17) is 0 Å². The molecule has 0 N–H and O–H groups in total. The van der Waals surface area contributed by atoms with E-state index in [-0.39, 0.29) is 10.6 Å². The number of nitro groups is 1. The fourth-order valence-electron chi connectivity index (χ4n) is 2.78. The maximum Gasteiger partial charge on any atom is 0.311 e. The van der Waals surface area contributed by atoms with Crippen LogP contribution in [0.2, 0.25) is 0 Å². The van der Waals surface area contributed by atoms with Crippen LogP contribution in [-0.4, -0.2) is 36.1 Å². The minimum absolute atomic E-state index is 0.0755. The lowest BCUT2D eigenvalue weighted by molar-refractivity contribution is -0.384. The minimum Gasteiger partial charge on any atom is -0.368 e. The topological polar surface area (TPSA) is 62.5 Å². The van der Waals surface area contributed by atoms with Crippen LogP contribution in [0.25, 0.3) is 0 Å². The SMILES string of the molecule is Cc1cccc(N2CCN(c3ncccc3[N+](=O)[O-])CC2)c1. The van der Waals surface area contributed by atoms with Gasteiger partial charge in [-0.2, -0.15) is 0 Å². The van der Waals surface area contributed by atoms with Gasteiger partial charge in [0.2, 0.25) is 5.82 Å². The van der Waals surface area contributed by atoms with E-state index in [1.54, 1.807) is 12.3 Å². The summed E-state index contributed by atoms with van der Waals surface area (Å²) in [5.74, 6) is 0.469. The highest BCUT2D eigenvalue weighted by Crippen LogP contribution is 2.27. The third kappa shape index (κ3) is 2.86. The van der Waals surface area contributed by atoms with Crippen LogP contribution in [-0.2, 0) is 0 Å². The highest BCUT2D eigenvalue weighted by molar-refractivity contribution is 5.59. The van der Waals surface area contributed by atoms with E-state index < -0.39 is 0 Å². The van der Waals surface area contributed by atoms with E-state index in [0.717, 1.165) is 26.2 Å². The van der Waals surface area contributed by atoms with Crippen LogP contribution in [0.5, 0.6) is 0 Å². The van der Waals surface area contributed by atoms with Gasteiger partial charge in [-0.15, -0.1) is 0 Å². The predicted molar refractivity (Wildman–Crippen MR) is 86.5 cm³/mol. The van der Waals surface area contributed by atoms with Gasteiger partial charge in [0.25, 0.3) is 0 Å². The molecule has 1 saturated heterocycles. The molecule has 0 saturated carbocycles. The first-order valence-electron chi connectivity index (χ1n) is 7.31. The first-order chi connectivity index (χ1) is 10.6. The summed E-state index contributed by atoms with van der Waals surface area (Å²) in [5, 5.41) is 11.1.